The molecule has 0 amide bonds. The topological polar surface area (TPSA) is 38.7 Å². The van der Waals surface area contributed by atoms with E-state index in [1.165, 1.54) is 0 Å². The number of para-hydroxylation sites is 1. The van der Waals surface area contributed by atoms with Crippen LogP contribution in [0.25, 0.3) is 77.6 Å². The molecular weight excluding hydrogens is 546 g/mol. The normalized spacial score (nSPS) is 11.4. The quantitative estimate of drug-likeness (QED) is 0.198. The third kappa shape index (κ3) is 4.42. The molecule has 0 saturated carbocycles. The minimum Gasteiger partial charge on any atom is -0.247 e. The van der Waals surface area contributed by atoms with Crippen molar-refractivity contribution in [2.45, 2.75) is 0 Å². The molecule has 2 aromatic heterocycles. The van der Waals surface area contributed by atoms with E-state index >= 15 is 0 Å². The Kier molecular flexibility index (Phi) is 6.17. The Hall–Kier alpha value is -5.38. The van der Waals surface area contributed by atoms with Crippen LogP contribution in [0.3, 0.4) is 0 Å². The highest BCUT2D eigenvalue weighted by atomic mass is 35.5. The van der Waals surface area contributed by atoms with E-state index in [-0.39, 0.29) is 0 Å². The lowest BCUT2D eigenvalue weighted by Crippen LogP contribution is -2.00. The Balaban J connectivity index is 1.61. The first-order valence-corrected chi connectivity index (χ1v) is 14.6. The van der Waals surface area contributed by atoms with Crippen LogP contribution in [0.1, 0.15) is 0 Å². The fourth-order valence-corrected chi connectivity index (χ4v) is 6.11. The van der Waals surface area contributed by atoms with Crippen LogP contribution in [0, 0.1) is 0 Å². The number of hydrogen-bond acceptors (Lipinski definition) is 3. The summed E-state index contributed by atoms with van der Waals surface area (Å²) in [6, 6.07) is 49.5. The SMILES string of the molecule is Clc1cccc(-c2nc3ccccc3c3c2cc(-c2ccccc2)c2nc(-c4ccccc4)c(-c4ccccc4)nc23)c1. The van der Waals surface area contributed by atoms with Gasteiger partial charge in [0.15, 0.2) is 0 Å². The fraction of sp³-hybridized carbons (Fsp3) is 0. The van der Waals surface area contributed by atoms with Crippen molar-refractivity contribution in [2.24, 2.45) is 0 Å². The lowest BCUT2D eigenvalue weighted by Gasteiger charge is -2.18. The first kappa shape index (κ1) is 25.3. The lowest BCUT2D eigenvalue weighted by molar-refractivity contribution is 1.30. The number of hydrogen-bond donors (Lipinski definition) is 0. The first-order chi connectivity index (χ1) is 21.2. The molecule has 0 saturated heterocycles. The minimum absolute atomic E-state index is 0.670. The molecule has 6 aromatic carbocycles. The number of rotatable bonds is 4. The highest BCUT2D eigenvalue weighted by Gasteiger charge is 2.21. The maximum absolute atomic E-state index is 6.50. The van der Waals surface area contributed by atoms with Gasteiger partial charge in [-0.25, -0.2) is 15.0 Å². The molecule has 0 unspecified atom stereocenters. The summed E-state index contributed by atoms with van der Waals surface area (Å²) in [6.07, 6.45) is 0. The molecule has 0 atom stereocenters. The molecule has 0 bridgehead atoms. The van der Waals surface area contributed by atoms with Crippen LogP contribution in [0.5, 0.6) is 0 Å². The van der Waals surface area contributed by atoms with Gasteiger partial charge in [0.05, 0.1) is 33.6 Å². The summed E-state index contributed by atoms with van der Waals surface area (Å²) in [7, 11) is 0. The largest absolute Gasteiger partial charge is 0.247 e. The summed E-state index contributed by atoms with van der Waals surface area (Å²) in [6.45, 7) is 0. The number of aromatic nitrogens is 3. The number of halogens is 1. The Morgan fingerprint density at radius 3 is 1.60 bits per heavy atom. The van der Waals surface area contributed by atoms with E-state index in [0.29, 0.717) is 5.02 Å². The van der Waals surface area contributed by atoms with Crippen molar-refractivity contribution in [1.29, 1.82) is 0 Å². The van der Waals surface area contributed by atoms with Crippen molar-refractivity contribution in [3.63, 3.8) is 0 Å². The Labute approximate surface area is 254 Å². The first-order valence-electron chi connectivity index (χ1n) is 14.2. The predicted molar refractivity (Wildman–Crippen MR) is 179 cm³/mol. The van der Waals surface area contributed by atoms with Crippen molar-refractivity contribution in [1.82, 2.24) is 15.0 Å². The molecule has 4 heteroatoms. The van der Waals surface area contributed by atoms with E-state index in [1.807, 2.05) is 66.7 Å². The summed E-state index contributed by atoms with van der Waals surface area (Å²) in [5.74, 6) is 0. The second kappa shape index (κ2) is 10.5. The third-order valence-electron chi connectivity index (χ3n) is 7.88. The zero-order valence-corrected chi connectivity index (χ0v) is 23.8. The van der Waals surface area contributed by atoms with Gasteiger partial charge in [-0.1, -0.05) is 133 Å². The van der Waals surface area contributed by atoms with Crippen molar-refractivity contribution in [2.75, 3.05) is 0 Å². The molecule has 0 spiro atoms. The van der Waals surface area contributed by atoms with Crippen LogP contribution in [0.15, 0.2) is 146 Å². The summed E-state index contributed by atoms with van der Waals surface area (Å²) < 4.78 is 0. The van der Waals surface area contributed by atoms with E-state index in [1.54, 1.807) is 0 Å². The second-order valence-corrected chi connectivity index (χ2v) is 11.0. The molecule has 202 valence electrons. The molecule has 0 aliphatic carbocycles. The Bertz CT molecular complexity index is 2280. The number of fused-ring (bicyclic) bond motifs is 5. The van der Waals surface area contributed by atoms with Crippen LogP contribution in [-0.4, -0.2) is 15.0 Å². The average Bonchev–Trinajstić information content (AvgIpc) is 3.08. The molecule has 8 aromatic rings. The van der Waals surface area contributed by atoms with Gasteiger partial charge in [-0.2, -0.15) is 0 Å². The van der Waals surface area contributed by atoms with E-state index in [2.05, 4.69) is 78.9 Å². The van der Waals surface area contributed by atoms with Crippen molar-refractivity contribution >= 4 is 44.3 Å². The average molecular weight is 570 g/mol. The van der Waals surface area contributed by atoms with E-state index in [9.17, 15) is 0 Å². The predicted octanol–water partition coefficient (Wildman–Crippen LogP) is 10.7. The van der Waals surface area contributed by atoms with Crippen molar-refractivity contribution in [3.8, 4) is 44.9 Å². The smallest absolute Gasteiger partial charge is 0.0987 e. The van der Waals surface area contributed by atoms with Crippen molar-refractivity contribution in [3.05, 3.63) is 151 Å². The van der Waals surface area contributed by atoms with E-state index < -0.39 is 0 Å². The number of pyridine rings is 1. The molecule has 0 aliphatic heterocycles. The Morgan fingerprint density at radius 1 is 0.395 bits per heavy atom. The Morgan fingerprint density at radius 2 is 0.953 bits per heavy atom. The van der Waals surface area contributed by atoms with Gasteiger partial charge in [-0.3, -0.25) is 0 Å². The van der Waals surface area contributed by atoms with Gasteiger partial charge in [0.1, 0.15) is 0 Å². The van der Waals surface area contributed by atoms with Gasteiger partial charge < -0.3 is 0 Å². The highest BCUT2D eigenvalue weighted by Crippen LogP contribution is 2.43. The van der Waals surface area contributed by atoms with Gasteiger partial charge in [-0.15, -0.1) is 0 Å². The van der Waals surface area contributed by atoms with Crippen LogP contribution >= 0.6 is 11.6 Å². The number of benzene rings is 6. The van der Waals surface area contributed by atoms with Gasteiger partial charge in [-0.05, 0) is 29.8 Å². The van der Waals surface area contributed by atoms with Crippen molar-refractivity contribution < 1.29 is 0 Å². The summed E-state index contributed by atoms with van der Waals surface area (Å²) in [5.41, 5.74) is 10.2. The molecule has 0 N–H and O–H groups in total. The standard InChI is InChI=1S/C39H24ClN3/c40-29-20-12-19-28(23-29)35-32-24-31(25-13-4-1-5-14-25)38-39(34(32)30-21-10-11-22-33(30)41-35)43-37(27-17-8-3-9-18-27)36(42-38)26-15-6-2-7-16-26/h1-24H. The van der Waals surface area contributed by atoms with Gasteiger partial charge in [0, 0.05) is 43.4 Å². The van der Waals surface area contributed by atoms with E-state index in [0.717, 1.165) is 77.6 Å². The molecular formula is C39H24ClN3. The van der Waals surface area contributed by atoms with Crippen LogP contribution < -0.4 is 0 Å². The third-order valence-corrected chi connectivity index (χ3v) is 8.12. The van der Waals surface area contributed by atoms with Crippen LogP contribution in [0.2, 0.25) is 5.02 Å². The van der Waals surface area contributed by atoms with Crippen LogP contribution in [0.4, 0.5) is 0 Å². The van der Waals surface area contributed by atoms with E-state index in [4.69, 9.17) is 26.6 Å². The summed E-state index contributed by atoms with van der Waals surface area (Å²) in [4.78, 5) is 16.2. The molecule has 0 radical (unpaired) electrons. The maximum Gasteiger partial charge on any atom is 0.0987 e. The minimum atomic E-state index is 0.670. The molecule has 8 rings (SSSR count). The monoisotopic (exact) mass is 569 g/mol. The van der Waals surface area contributed by atoms with Gasteiger partial charge in [0.2, 0.25) is 0 Å². The highest BCUT2D eigenvalue weighted by molar-refractivity contribution is 6.31. The maximum atomic E-state index is 6.50. The summed E-state index contributed by atoms with van der Waals surface area (Å²) in [5, 5.41) is 3.74. The zero-order valence-electron chi connectivity index (χ0n) is 23.1. The fourth-order valence-electron chi connectivity index (χ4n) is 5.92. The molecule has 0 fully saturated rings. The van der Waals surface area contributed by atoms with Gasteiger partial charge in [0.25, 0.3) is 0 Å². The molecule has 43 heavy (non-hydrogen) atoms. The molecule has 0 aliphatic rings. The van der Waals surface area contributed by atoms with Crippen LogP contribution in [-0.2, 0) is 0 Å². The lowest BCUT2D eigenvalue weighted by atomic mass is 9.93. The zero-order chi connectivity index (χ0) is 28.8. The summed E-state index contributed by atoms with van der Waals surface area (Å²) >= 11 is 6.50. The second-order valence-electron chi connectivity index (χ2n) is 10.6. The molecule has 3 nitrogen and oxygen atoms in total. The molecule has 2 heterocycles. The number of nitrogens with zero attached hydrogens (tertiary/aromatic N) is 3. The van der Waals surface area contributed by atoms with Gasteiger partial charge >= 0.3 is 0 Å².